The van der Waals surface area contributed by atoms with Crippen LogP contribution in [0.15, 0.2) is 42.5 Å². The molecule has 1 aliphatic rings. The highest BCUT2D eigenvalue weighted by atomic mass is 19.3. The molecule has 3 rings (SSSR count). The van der Waals surface area contributed by atoms with E-state index in [2.05, 4.69) is 40.4 Å². The van der Waals surface area contributed by atoms with Gasteiger partial charge in [-0.25, -0.2) is 0 Å². The Morgan fingerprint density at radius 3 is 2.17 bits per heavy atom. The predicted octanol–water partition coefficient (Wildman–Crippen LogP) is 1.62. The van der Waals surface area contributed by atoms with Crippen molar-refractivity contribution in [1.29, 1.82) is 0 Å². The summed E-state index contributed by atoms with van der Waals surface area (Å²) in [6.45, 7) is 1.19. The van der Waals surface area contributed by atoms with Crippen molar-refractivity contribution in [2.45, 2.75) is 38.6 Å². The Kier molecular flexibility index (Phi) is 7.66. The predicted molar refractivity (Wildman–Crippen MR) is 106 cm³/mol. The smallest absolute Gasteiger partial charge is 0.387 e. The zero-order chi connectivity index (χ0) is 20.6. The lowest BCUT2D eigenvalue weighted by Gasteiger charge is -2.28. The van der Waals surface area contributed by atoms with Crippen LogP contribution in [-0.4, -0.2) is 40.0 Å². The lowest BCUT2D eigenvalue weighted by Crippen LogP contribution is -3.13. The molecule has 0 saturated carbocycles. The Morgan fingerprint density at radius 2 is 1.62 bits per heavy atom. The van der Waals surface area contributed by atoms with Crippen LogP contribution in [0.25, 0.3) is 0 Å². The number of hydrogen-bond acceptors (Lipinski definition) is 3. The number of piperidine rings is 1. The number of ether oxygens (including phenoxy) is 3. The van der Waals surface area contributed by atoms with Crippen LogP contribution in [-0.2, 0) is 13.1 Å². The first kappa shape index (κ1) is 21.3. The van der Waals surface area contributed by atoms with Gasteiger partial charge in [0, 0.05) is 24.0 Å². The van der Waals surface area contributed by atoms with E-state index in [0.29, 0.717) is 6.04 Å². The van der Waals surface area contributed by atoms with Gasteiger partial charge in [0.15, 0.2) is 11.5 Å². The SMILES string of the molecule is COc1cc(C[NH2+]C2CC[NH+](Cc3ccccc3)CC2)cc(OC)c1OC(F)F. The van der Waals surface area contributed by atoms with Crippen LogP contribution in [0.1, 0.15) is 24.0 Å². The minimum Gasteiger partial charge on any atom is -0.493 e. The van der Waals surface area contributed by atoms with Gasteiger partial charge in [-0.2, -0.15) is 8.78 Å². The van der Waals surface area contributed by atoms with Gasteiger partial charge in [0.05, 0.1) is 33.4 Å². The van der Waals surface area contributed by atoms with E-state index >= 15 is 0 Å². The van der Waals surface area contributed by atoms with E-state index in [9.17, 15) is 8.78 Å². The average molecular weight is 408 g/mol. The van der Waals surface area contributed by atoms with E-state index in [1.807, 2.05) is 0 Å². The zero-order valence-electron chi connectivity index (χ0n) is 17.0. The van der Waals surface area contributed by atoms with Gasteiger partial charge >= 0.3 is 6.61 Å². The summed E-state index contributed by atoms with van der Waals surface area (Å²) in [5.41, 5.74) is 2.34. The molecule has 1 saturated heterocycles. The summed E-state index contributed by atoms with van der Waals surface area (Å²) in [5, 5.41) is 2.32. The Morgan fingerprint density at radius 1 is 1.00 bits per heavy atom. The molecule has 1 aliphatic heterocycles. The third-order valence-corrected chi connectivity index (χ3v) is 5.45. The Balaban J connectivity index is 1.54. The van der Waals surface area contributed by atoms with Gasteiger partial charge in [-0.15, -0.1) is 0 Å². The van der Waals surface area contributed by atoms with Crippen molar-refractivity contribution in [3.8, 4) is 17.2 Å². The number of quaternary nitrogens is 2. The monoisotopic (exact) mass is 408 g/mol. The molecule has 158 valence electrons. The molecule has 0 atom stereocenters. The van der Waals surface area contributed by atoms with Gasteiger partial charge in [-0.05, 0) is 12.1 Å². The van der Waals surface area contributed by atoms with E-state index in [-0.39, 0.29) is 17.2 Å². The van der Waals surface area contributed by atoms with Crippen molar-refractivity contribution in [2.24, 2.45) is 0 Å². The summed E-state index contributed by atoms with van der Waals surface area (Å²) in [4.78, 5) is 1.62. The maximum absolute atomic E-state index is 12.7. The molecule has 0 unspecified atom stereocenters. The number of rotatable bonds is 9. The number of likely N-dealkylation sites (tertiary alicyclic amines) is 1. The fourth-order valence-corrected chi connectivity index (χ4v) is 3.91. The molecular formula is C22H30F2N2O3+2. The number of benzene rings is 2. The van der Waals surface area contributed by atoms with Crippen LogP contribution >= 0.6 is 0 Å². The van der Waals surface area contributed by atoms with Gasteiger partial charge in [0.2, 0.25) is 5.75 Å². The zero-order valence-corrected chi connectivity index (χ0v) is 17.0. The molecule has 29 heavy (non-hydrogen) atoms. The summed E-state index contributed by atoms with van der Waals surface area (Å²) in [7, 11) is 2.87. The molecule has 5 nitrogen and oxygen atoms in total. The molecule has 2 aromatic rings. The molecule has 1 fully saturated rings. The first-order valence-corrected chi connectivity index (χ1v) is 9.99. The molecule has 0 radical (unpaired) electrons. The summed E-state index contributed by atoms with van der Waals surface area (Å²) in [5.74, 6) is 0.455. The van der Waals surface area contributed by atoms with Gasteiger partial charge in [-0.3, -0.25) is 0 Å². The second-order valence-electron chi connectivity index (χ2n) is 7.40. The Bertz CT molecular complexity index is 741. The van der Waals surface area contributed by atoms with Crippen molar-refractivity contribution in [1.82, 2.24) is 0 Å². The molecule has 3 N–H and O–H groups in total. The van der Waals surface area contributed by atoms with Crippen molar-refractivity contribution < 1.29 is 33.2 Å². The fourth-order valence-electron chi connectivity index (χ4n) is 3.91. The first-order valence-electron chi connectivity index (χ1n) is 9.99. The van der Waals surface area contributed by atoms with Crippen LogP contribution in [0, 0.1) is 0 Å². The molecule has 0 aliphatic carbocycles. The fraction of sp³-hybridized carbons (Fsp3) is 0.455. The van der Waals surface area contributed by atoms with Crippen LogP contribution in [0.3, 0.4) is 0 Å². The maximum Gasteiger partial charge on any atom is 0.387 e. The third kappa shape index (κ3) is 6.05. The highest BCUT2D eigenvalue weighted by Crippen LogP contribution is 2.39. The van der Waals surface area contributed by atoms with Crippen LogP contribution < -0.4 is 24.4 Å². The summed E-state index contributed by atoms with van der Waals surface area (Å²) < 4.78 is 40.4. The van der Waals surface area contributed by atoms with Gasteiger partial charge in [0.1, 0.15) is 13.1 Å². The van der Waals surface area contributed by atoms with Crippen molar-refractivity contribution in [2.75, 3.05) is 27.3 Å². The van der Waals surface area contributed by atoms with Gasteiger partial charge < -0.3 is 24.4 Å². The normalized spacial score (nSPS) is 19.2. The van der Waals surface area contributed by atoms with Crippen LogP contribution in [0.5, 0.6) is 17.2 Å². The lowest BCUT2D eigenvalue weighted by molar-refractivity contribution is -0.926. The minimum absolute atomic E-state index is 0.0634. The minimum atomic E-state index is -2.93. The third-order valence-electron chi connectivity index (χ3n) is 5.45. The highest BCUT2D eigenvalue weighted by Gasteiger charge is 2.25. The van der Waals surface area contributed by atoms with Crippen molar-refractivity contribution in [3.63, 3.8) is 0 Å². The van der Waals surface area contributed by atoms with Gasteiger partial charge in [0.25, 0.3) is 0 Å². The summed E-state index contributed by atoms with van der Waals surface area (Å²) in [6, 6.07) is 14.7. The quantitative estimate of drug-likeness (QED) is 0.663. The highest BCUT2D eigenvalue weighted by molar-refractivity contribution is 5.53. The average Bonchev–Trinajstić information content (AvgIpc) is 2.74. The molecular weight excluding hydrogens is 378 g/mol. The number of nitrogens with two attached hydrogens (primary N) is 1. The molecule has 0 aromatic heterocycles. The second-order valence-corrected chi connectivity index (χ2v) is 7.40. The molecule has 0 amide bonds. The van der Waals surface area contributed by atoms with Crippen molar-refractivity contribution in [3.05, 3.63) is 53.6 Å². The molecule has 2 aromatic carbocycles. The van der Waals surface area contributed by atoms with Crippen molar-refractivity contribution >= 4 is 0 Å². The number of methoxy groups -OCH3 is 2. The molecule has 0 bridgehead atoms. The summed E-state index contributed by atoms with van der Waals surface area (Å²) >= 11 is 0. The number of halogens is 2. The number of alkyl halides is 2. The number of hydrogen-bond donors (Lipinski definition) is 2. The van der Waals surface area contributed by atoms with E-state index in [4.69, 9.17) is 9.47 Å². The maximum atomic E-state index is 12.7. The van der Waals surface area contributed by atoms with E-state index in [1.165, 1.54) is 19.8 Å². The standard InChI is InChI=1S/C22H28F2N2O3/c1-27-19-12-17(13-20(28-2)21(19)29-22(23)24)14-25-18-8-10-26(11-9-18)15-16-6-4-3-5-7-16/h3-7,12-13,18,22,25H,8-11,14-15H2,1-2H3/p+2. The lowest BCUT2D eigenvalue weighted by atomic mass is 10.0. The Labute approximate surface area is 170 Å². The van der Waals surface area contributed by atoms with E-state index < -0.39 is 6.61 Å². The molecule has 1 heterocycles. The Hall–Kier alpha value is -2.38. The topological polar surface area (TPSA) is 48.7 Å². The van der Waals surface area contributed by atoms with Crippen LogP contribution in [0.4, 0.5) is 8.78 Å². The largest absolute Gasteiger partial charge is 0.493 e. The number of nitrogens with one attached hydrogen (secondary N) is 1. The summed E-state index contributed by atoms with van der Waals surface area (Å²) in [6.07, 6.45) is 2.31. The van der Waals surface area contributed by atoms with E-state index in [0.717, 1.165) is 44.6 Å². The first-order chi connectivity index (χ1) is 14.1. The van der Waals surface area contributed by atoms with E-state index in [1.54, 1.807) is 17.0 Å². The molecule has 0 spiro atoms. The molecule has 7 heteroatoms. The van der Waals surface area contributed by atoms with Gasteiger partial charge in [-0.1, -0.05) is 30.3 Å². The van der Waals surface area contributed by atoms with Crippen LogP contribution in [0.2, 0.25) is 0 Å². The second kappa shape index (κ2) is 10.4.